The minimum absolute atomic E-state index is 0.132. The van der Waals surface area contributed by atoms with Crippen LogP contribution in [0.2, 0.25) is 0 Å². The molecule has 1 aliphatic heterocycles. The van der Waals surface area contributed by atoms with E-state index in [0.717, 1.165) is 0 Å². The lowest BCUT2D eigenvalue weighted by Gasteiger charge is -2.37. The molecule has 1 aliphatic rings. The predicted molar refractivity (Wildman–Crippen MR) is 127 cm³/mol. The molecule has 8 heteroatoms. The van der Waals surface area contributed by atoms with Gasteiger partial charge in [0.05, 0.1) is 19.2 Å². The van der Waals surface area contributed by atoms with Crippen LogP contribution in [0.25, 0.3) is 0 Å². The lowest BCUT2D eigenvalue weighted by Crippen LogP contribution is -2.50. The van der Waals surface area contributed by atoms with Crippen LogP contribution in [-0.2, 0) is 0 Å². The third kappa shape index (κ3) is 5.93. The highest BCUT2D eigenvalue weighted by Crippen LogP contribution is 2.27. The first kappa shape index (κ1) is 25.2. The van der Waals surface area contributed by atoms with Gasteiger partial charge in [0.2, 0.25) is 5.88 Å². The SMILES string of the molecule is C[C@H](O)C#Cc1cnc2c(c1)C(=O)N([C@@H](C)CO)C[C@H](C)[C@@H](CN(C)C(=O)c1ccccc1)O2. The Morgan fingerprint density at radius 3 is 2.68 bits per heavy atom. The summed E-state index contributed by atoms with van der Waals surface area (Å²) in [6.45, 7) is 5.70. The number of hydrogen-bond donors (Lipinski definition) is 2. The van der Waals surface area contributed by atoms with E-state index in [1.165, 1.54) is 6.20 Å². The van der Waals surface area contributed by atoms with E-state index in [-0.39, 0.29) is 42.3 Å². The van der Waals surface area contributed by atoms with Gasteiger partial charge in [0.25, 0.3) is 11.8 Å². The second kappa shape index (κ2) is 11.1. The predicted octanol–water partition coefficient (Wildman–Crippen LogP) is 1.81. The molecule has 2 N–H and O–H groups in total. The highest BCUT2D eigenvalue weighted by molar-refractivity contribution is 5.97. The quantitative estimate of drug-likeness (QED) is 0.653. The molecule has 34 heavy (non-hydrogen) atoms. The van der Waals surface area contributed by atoms with Crippen molar-refractivity contribution in [2.24, 2.45) is 5.92 Å². The van der Waals surface area contributed by atoms with Crippen molar-refractivity contribution in [2.45, 2.75) is 39.0 Å². The van der Waals surface area contributed by atoms with Crippen molar-refractivity contribution in [1.82, 2.24) is 14.8 Å². The molecule has 180 valence electrons. The van der Waals surface area contributed by atoms with Crippen LogP contribution in [0, 0.1) is 17.8 Å². The van der Waals surface area contributed by atoms with Crippen molar-refractivity contribution >= 4 is 11.8 Å². The Bertz CT molecular complexity index is 1080. The summed E-state index contributed by atoms with van der Waals surface area (Å²) in [5.74, 6) is 5.00. The molecule has 2 amide bonds. The van der Waals surface area contributed by atoms with Crippen molar-refractivity contribution in [3.63, 3.8) is 0 Å². The maximum Gasteiger partial charge on any atom is 0.259 e. The molecule has 1 aromatic heterocycles. The number of fused-ring (bicyclic) bond motifs is 1. The second-order valence-electron chi connectivity index (χ2n) is 8.70. The molecule has 2 heterocycles. The molecule has 0 aliphatic carbocycles. The number of amides is 2. The van der Waals surface area contributed by atoms with E-state index in [2.05, 4.69) is 16.8 Å². The van der Waals surface area contributed by atoms with E-state index >= 15 is 0 Å². The zero-order valence-corrected chi connectivity index (χ0v) is 19.9. The molecule has 0 spiro atoms. The first-order valence-corrected chi connectivity index (χ1v) is 11.3. The summed E-state index contributed by atoms with van der Waals surface area (Å²) in [5, 5.41) is 19.2. The van der Waals surface area contributed by atoms with Crippen LogP contribution in [0.5, 0.6) is 5.88 Å². The molecule has 8 nitrogen and oxygen atoms in total. The van der Waals surface area contributed by atoms with Gasteiger partial charge in [-0.25, -0.2) is 4.98 Å². The molecule has 4 atom stereocenters. The number of hydrogen-bond acceptors (Lipinski definition) is 6. The fourth-order valence-electron chi connectivity index (χ4n) is 3.73. The van der Waals surface area contributed by atoms with Crippen LogP contribution in [0.15, 0.2) is 42.6 Å². The van der Waals surface area contributed by atoms with Gasteiger partial charge < -0.3 is 24.7 Å². The van der Waals surface area contributed by atoms with E-state index in [1.54, 1.807) is 48.9 Å². The number of rotatable bonds is 5. The highest BCUT2D eigenvalue weighted by Gasteiger charge is 2.34. The number of pyridine rings is 1. The number of ether oxygens (including phenoxy) is 1. The van der Waals surface area contributed by atoms with Crippen molar-refractivity contribution in [1.29, 1.82) is 0 Å². The Morgan fingerprint density at radius 2 is 2.03 bits per heavy atom. The van der Waals surface area contributed by atoms with Crippen LogP contribution in [-0.4, -0.2) is 81.8 Å². The highest BCUT2D eigenvalue weighted by atomic mass is 16.5. The van der Waals surface area contributed by atoms with Gasteiger partial charge in [-0.15, -0.1) is 0 Å². The molecule has 0 saturated heterocycles. The van der Waals surface area contributed by atoms with E-state index in [9.17, 15) is 19.8 Å². The molecule has 0 unspecified atom stereocenters. The van der Waals surface area contributed by atoms with E-state index in [4.69, 9.17) is 4.74 Å². The number of aromatic nitrogens is 1. The van der Waals surface area contributed by atoms with E-state index in [0.29, 0.717) is 17.7 Å². The smallest absolute Gasteiger partial charge is 0.259 e. The summed E-state index contributed by atoms with van der Waals surface area (Å²) in [5.41, 5.74) is 1.27. The van der Waals surface area contributed by atoms with Gasteiger partial charge >= 0.3 is 0 Å². The maximum absolute atomic E-state index is 13.4. The third-order valence-electron chi connectivity index (χ3n) is 5.77. The lowest BCUT2D eigenvalue weighted by atomic mass is 9.99. The molecule has 1 aromatic carbocycles. The Kier molecular flexibility index (Phi) is 8.26. The minimum Gasteiger partial charge on any atom is -0.472 e. The molecule has 0 bridgehead atoms. The number of aliphatic hydroxyl groups is 2. The van der Waals surface area contributed by atoms with Gasteiger partial charge in [0.1, 0.15) is 17.8 Å². The van der Waals surface area contributed by atoms with Crippen LogP contribution in [0.4, 0.5) is 0 Å². The molecule has 0 radical (unpaired) electrons. The van der Waals surface area contributed by atoms with Gasteiger partial charge in [0.15, 0.2) is 0 Å². The third-order valence-corrected chi connectivity index (χ3v) is 5.77. The van der Waals surface area contributed by atoms with Gasteiger partial charge in [0, 0.05) is 36.8 Å². The molecule has 3 rings (SSSR count). The van der Waals surface area contributed by atoms with Crippen molar-refractivity contribution in [3.8, 4) is 17.7 Å². The number of aliphatic hydroxyl groups excluding tert-OH is 2. The Balaban J connectivity index is 1.95. The standard InChI is InChI=1S/C26H31N3O5/c1-17-14-29(18(2)16-30)26(33)22-12-20(11-10-19(3)31)13-27-24(22)34-23(17)15-28(4)25(32)21-8-6-5-7-9-21/h5-9,12-13,17-19,23,30-31H,14-16H2,1-4H3/t17-,18-,19-,23+/m0/s1. The summed E-state index contributed by atoms with van der Waals surface area (Å²) in [6.07, 6.45) is 0.228. The van der Waals surface area contributed by atoms with Crippen LogP contribution < -0.4 is 4.74 Å². The normalized spacial score (nSPS) is 19.5. The zero-order valence-electron chi connectivity index (χ0n) is 19.9. The average Bonchev–Trinajstić information content (AvgIpc) is 2.84. The molecule has 0 saturated carbocycles. The first-order valence-electron chi connectivity index (χ1n) is 11.3. The lowest BCUT2D eigenvalue weighted by molar-refractivity contribution is 0.0313. The summed E-state index contributed by atoms with van der Waals surface area (Å²) >= 11 is 0. The van der Waals surface area contributed by atoms with Crippen molar-refractivity contribution < 1.29 is 24.5 Å². The fraction of sp³-hybridized carbons (Fsp3) is 0.423. The maximum atomic E-state index is 13.4. The number of carbonyl (C=O) groups is 2. The largest absolute Gasteiger partial charge is 0.472 e. The summed E-state index contributed by atoms with van der Waals surface area (Å²) in [6, 6.07) is 10.2. The van der Waals surface area contributed by atoms with Gasteiger partial charge in [-0.2, -0.15) is 0 Å². The molecular weight excluding hydrogens is 434 g/mol. The Hall–Kier alpha value is -3.41. The Morgan fingerprint density at radius 1 is 1.32 bits per heavy atom. The summed E-state index contributed by atoms with van der Waals surface area (Å²) in [7, 11) is 1.71. The van der Waals surface area contributed by atoms with E-state index < -0.39 is 18.2 Å². The van der Waals surface area contributed by atoms with Crippen molar-refractivity contribution in [3.05, 3.63) is 59.3 Å². The number of nitrogens with zero attached hydrogens (tertiary/aromatic N) is 3. The fourth-order valence-corrected chi connectivity index (χ4v) is 3.73. The molecule has 2 aromatic rings. The average molecular weight is 466 g/mol. The molecule has 0 fully saturated rings. The van der Waals surface area contributed by atoms with Crippen molar-refractivity contribution in [2.75, 3.05) is 26.7 Å². The minimum atomic E-state index is -0.817. The number of likely N-dealkylation sites (N-methyl/N-ethyl adjacent to an activating group) is 1. The first-order chi connectivity index (χ1) is 16.2. The van der Waals surface area contributed by atoms with E-state index in [1.807, 2.05) is 25.1 Å². The van der Waals surface area contributed by atoms with Crippen LogP contribution >= 0.6 is 0 Å². The number of carbonyl (C=O) groups excluding carboxylic acids is 2. The topological polar surface area (TPSA) is 103 Å². The van der Waals surface area contributed by atoms with Gasteiger partial charge in [-0.3, -0.25) is 9.59 Å². The van der Waals surface area contributed by atoms with Gasteiger partial charge in [-0.1, -0.05) is 37.0 Å². The van der Waals surface area contributed by atoms with Gasteiger partial charge in [-0.05, 0) is 32.0 Å². The zero-order chi connectivity index (χ0) is 24.8. The summed E-state index contributed by atoms with van der Waals surface area (Å²) < 4.78 is 6.21. The summed E-state index contributed by atoms with van der Waals surface area (Å²) in [4.78, 5) is 33.8. The number of benzene rings is 1. The van der Waals surface area contributed by atoms with Crippen LogP contribution in [0.1, 0.15) is 47.1 Å². The Labute approximate surface area is 200 Å². The molecular formula is C26H31N3O5. The van der Waals surface area contributed by atoms with Crippen LogP contribution in [0.3, 0.4) is 0 Å². The second-order valence-corrected chi connectivity index (χ2v) is 8.70. The monoisotopic (exact) mass is 465 g/mol.